The molecular weight excluding hydrogens is 378 g/mol. The molecule has 2 N–H and O–H groups in total. The first kappa shape index (κ1) is 22.7. The van der Waals surface area contributed by atoms with Crippen molar-refractivity contribution in [3.05, 3.63) is 59.2 Å². The van der Waals surface area contributed by atoms with Crippen LogP contribution in [0.2, 0.25) is 0 Å². The molecule has 0 radical (unpaired) electrons. The summed E-state index contributed by atoms with van der Waals surface area (Å²) >= 11 is 0. The van der Waals surface area contributed by atoms with Crippen LogP contribution in [0.4, 0.5) is 0 Å². The minimum absolute atomic E-state index is 0.0233. The quantitative estimate of drug-likeness (QED) is 0.482. The van der Waals surface area contributed by atoms with Gasteiger partial charge in [0, 0.05) is 26.4 Å². The van der Waals surface area contributed by atoms with Crippen LogP contribution in [-0.2, 0) is 16.0 Å². The van der Waals surface area contributed by atoms with E-state index in [1.807, 2.05) is 24.3 Å². The maximum absolute atomic E-state index is 11.6. The number of carbonyl (C=O) groups excluding carboxylic acids is 1. The van der Waals surface area contributed by atoms with E-state index >= 15 is 0 Å². The molecule has 0 saturated heterocycles. The summed E-state index contributed by atoms with van der Waals surface area (Å²) in [6.07, 6.45) is 8.42. The zero-order chi connectivity index (χ0) is 21.7. The molecule has 0 aliphatic heterocycles. The third-order valence-electron chi connectivity index (χ3n) is 6.32. The molecule has 0 heterocycles. The molecule has 2 aliphatic rings. The summed E-state index contributed by atoms with van der Waals surface area (Å²) in [5, 5.41) is 20.9. The van der Waals surface area contributed by atoms with Crippen molar-refractivity contribution in [2.75, 3.05) is 27.3 Å². The maximum atomic E-state index is 11.6. The number of fused-ring (bicyclic) bond motifs is 1. The second-order valence-corrected chi connectivity index (χ2v) is 8.97. The van der Waals surface area contributed by atoms with E-state index in [1.165, 1.54) is 16.0 Å². The van der Waals surface area contributed by atoms with E-state index < -0.39 is 6.10 Å². The number of nitrogens with zero attached hydrogens (tertiary/aromatic N) is 1. The smallest absolute Gasteiger partial charge is 0.248 e. The van der Waals surface area contributed by atoms with Crippen molar-refractivity contribution in [3.8, 4) is 0 Å². The summed E-state index contributed by atoms with van der Waals surface area (Å²) in [5.41, 5.74) is 3.67. The number of aliphatic hydroxyl groups is 2. The Labute approximate surface area is 180 Å². The number of aryl methyl sites for hydroxylation is 1. The number of amides is 1. The van der Waals surface area contributed by atoms with Crippen LogP contribution in [0.3, 0.4) is 0 Å². The molecule has 5 heteroatoms. The number of allylic oxidation sites excluding steroid dienone is 1. The highest BCUT2D eigenvalue weighted by molar-refractivity contribution is 5.76. The Kier molecular flexibility index (Phi) is 7.87. The van der Waals surface area contributed by atoms with Crippen LogP contribution in [0.15, 0.2) is 48.1 Å². The van der Waals surface area contributed by atoms with E-state index in [0.717, 1.165) is 24.8 Å². The van der Waals surface area contributed by atoms with E-state index in [0.29, 0.717) is 24.9 Å². The molecule has 1 aromatic carbocycles. The number of benzene rings is 1. The predicted octanol–water partition coefficient (Wildman–Crippen LogP) is 2.89. The number of rotatable bonds is 9. The van der Waals surface area contributed by atoms with Gasteiger partial charge in [-0.15, -0.1) is 0 Å². The van der Waals surface area contributed by atoms with Gasteiger partial charge < -0.3 is 19.8 Å². The van der Waals surface area contributed by atoms with Crippen molar-refractivity contribution in [2.24, 2.45) is 17.8 Å². The zero-order valence-electron chi connectivity index (χ0n) is 18.3. The highest BCUT2D eigenvalue weighted by atomic mass is 16.5. The molecular formula is C25H35NO4. The Morgan fingerprint density at radius 2 is 2.17 bits per heavy atom. The summed E-state index contributed by atoms with van der Waals surface area (Å²) in [7, 11) is 3.45. The molecule has 0 aromatic heterocycles. The largest absolute Gasteiger partial charge is 0.392 e. The summed E-state index contributed by atoms with van der Waals surface area (Å²) in [6.45, 7) is 2.72. The van der Waals surface area contributed by atoms with Gasteiger partial charge in [0.1, 0.15) is 6.61 Å². The highest BCUT2D eigenvalue weighted by Gasteiger charge is 2.43. The predicted molar refractivity (Wildman–Crippen MR) is 118 cm³/mol. The SMILES string of the molecule is Cc1cccc(C[C@H](O)/C=C/[C@@H]2[C@H]3CC(CCOCC(=O)N(C)C)=C[C@H]3C[C@H]2O)c1. The van der Waals surface area contributed by atoms with E-state index in [1.54, 1.807) is 14.1 Å². The fourth-order valence-electron chi connectivity index (χ4n) is 4.69. The summed E-state index contributed by atoms with van der Waals surface area (Å²) in [4.78, 5) is 13.1. The molecule has 2 aliphatic carbocycles. The lowest BCUT2D eigenvalue weighted by atomic mass is 9.88. The number of ether oxygens (including phenoxy) is 1. The molecule has 0 spiro atoms. The van der Waals surface area contributed by atoms with Gasteiger partial charge in [0.2, 0.25) is 5.91 Å². The molecule has 0 unspecified atom stereocenters. The van der Waals surface area contributed by atoms with Gasteiger partial charge in [-0.1, -0.05) is 53.6 Å². The Balaban J connectivity index is 1.47. The molecule has 5 atom stereocenters. The number of likely N-dealkylation sites (N-methyl/N-ethyl adjacent to an activating group) is 1. The normalized spacial score (nSPS) is 26.6. The molecule has 30 heavy (non-hydrogen) atoms. The van der Waals surface area contributed by atoms with Crippen molar-refractivity contribution in [2.45, 2.75) is 44.8 Å². The van der Waals surface area contributed by atoms with E-state index in [2.05, 4.69) is 25.1 Å². The van der Waals surface area contributed by atoms with Crippen LogP contribution < -0.4 is 0 Å². The van der Waals surface area contributed by atoms with Gasteiger partial charge >= 0.3 is 0 Å². The van der Waals surface area contributed by atoms with Gasteiger partial charge in [0.15, 0.2) is 0 Å². The maximum Gasteiger partial charge on any atom is 0.248 e. The average molecular weight is 414 g/mol. The lowest BCUT2D eigenvalue weighted by Crippen LogP contribution is -2.26. The van der Waals surface area contributed by atoms with Crippen molar-refractivity contribution in [3.63, 3.8) is 0 Å². The van der Waals surface area contributed by atoms with Crippen LogP contribution in [0, 0.1) is 24.7 Å². The fourth-order valence-corrected chi connectivity index (χ4v) is 4.69. The first-order valence-corrected chi connectivity index (χ1v) is 10.9. The minimum atomic E-state index is -0.547. The Hall–Kier alpha value is -1.95. The minimum Gasteiger partial charge on any atom is -0.392 e. The summed E-state index contributed by atoms with van der Waals surface area (Å²) < 4.78 is 5.50. The Morgan fingerprint density at radius 1 is 1.37 bits per heavy atom. The molecule has 3 rings (SSSR count). The van der Waals surface area contributed by atoms with Gasteiger partial charge in [-0.25, -0.2) is 0 Å². The lowest BCUT2D eigenvalue weighted by molar-refractivity contribution is -0.133. The van der Waals surface area contributed by atoms with Gasteiger partial charge in [-0.2, -0.15) is 0 Å². The van der Waals surface area contributed by atoms with Gasteiger partial charge in [0.05, 0.1) is 18.8 Å². The molecule has 164 valence electrons. The van der Waals surface area contributed by atoms with Crippen molar-refractivity contribution < 1.29 is 19.7 Å². The Bertz CT molecular complexity index is 785. The topological polar surface area (TPSA) is 70.0 Å². The number of carbonyl (C=O) groups is 1. The Morgan fingerprint density at radius 3 is 2.90 bits per heavy atom. The van der Waals surface area contributed by atoms with E-state index in [9.17, 15) is 15.0 Å². The van der Waals surface area contributed by atoms with Crippen molar-refractivity contribution in [1.29, 1.82) is 0 Å². The third-order valence-corrected chi connectivity index (χ3v) is 6.32. The highest BCUT2D eigenvalue weighted by Crippen LogP contribution is 2.47. The van der Waals surface area contributed by atoms with Crippen LogP contribution >= 0.6 is 0 Å². The van der Waals surface area contributed by atoms with Gasteiger partial charge in [-0.3, -0.25) is 4.79 Å². The number of hydrogen-bond donors (Lipinski definition) is 2. The second kappa shape index (κ2) is 10.4. The van der Waals surface area contributed by atoms with E-state index in [4.69, 9.17) is 4.74 Å². The lowest BCUT2D eigenvalue weighted by Gasteiger charge is -2.19. The van der Waals surface area contributed by atoms with Crippen molar-refractivity contribution >= 4 is 5.91 Å². The molecule has 1 fully saturated rings. The number of hydrogen-bond acceptors (Lipinski definition) is 4. The fraction of sp³-hybridized carbons (Fsp3) is 0.560. The zero-order valence-corrected chi connectivity index (χ0v) is 18.3. The van der Waals surface area contributed by atoms with Crippen LogP contribution in [0.25, 0.3) is 0 Å². The first-order chi connectivity index (χ1) is 14.3. The third kappa shape index (κ3) is 6.03. The van der Waals surface area contributed by atoms with Crippen LogP contribution in [-0.4, -0.2) is 60.5 Å². The van der Waals surface area contributed by atoms with Gasteiger partial charge in [0.25, 0.3) is 0 Å². The van der Waals surface area contributed by atoms with Crippen LogP contribution in [0.1, 0.15) is 30.4 Å². The average Bonchev–Trinajstić information content (AvgIpc) is 3.19. The molecule has 1 amide bonds. The molecule has 5 nitrogen and oxygen atoms in total. The van der Waals surface area contributed by atoms with Gasteiger partial charge in [-0.05, 0) is 43.6 Å². The monoisotopic (exact) mass is 413 g/mol. The van der Waals surface area contributed by atoms with E-state index in [-0.39, 0.29) is 24.5 Å². The molecule has 0 bridgehead atoms. The standard InChI is InChI=1S/C25H35NO4/c1-17-5-4-6-18(11-17)13-21(27)7-8-22-23-14-19(12-20(23)15-24(22)28)9-10-30-16-25(29)26(2)3/h4-8,11-12,20-24,27-28H,9-10,13-16H2,1-3H3/b8-7+/t20-,21+,22+,23-,24+/m0/s1. The summed E-state index contributed by atoms with van der Waals surface area (Å²) in [6, 6.07) is 8.19. The van der Waals surface area contributed by atoms with Crippen molar-refractivity contribution in [1.82, 2.24) is 4.90 Å². The first-order valence-electron chi connectivity index (χ1n) is 10.9. The summed E-state index contributed by atoms with van der Waals surface area (Å²) in [5.74, 6) is 0.833. The second-order valence-electron chi connectivity index (χ2n) is 8.97. The number of aliphatic hydroxyl groups excluding tert-OH is 2. The molecule has 1 aromatic rings. The van der Waals surface area contributed by atoms with Crippen LogP contribution in [0.5, 0.6) is 0 Å². The molecule has 1 saturated carbocycles.